The molecule has 0 aromatic heterocycles. The minimum Gasteiger partial charge on any atom is -0.508 e. The van der Waals surface area contributed by atoms with Gasteiger partial charge in [-0.25, -0.2) is 4.79 Å². The van der Waals surface area contributed by atoms with Crippen LogP contribution in [0.3, 0.4) is 0 Å². The van der Waals surface area contributed by atoms with Gasteiger partial charge in [0, 0.05) is 48.8 Å². The van der Waals surface area contributed by atoms with Gasteiger partial charge in [0.1, 0.15) is 5.75 Å². The number of urea groups is 1. The van der Waals surface area contributed by atoms with Crippen molar-refractivity contribution in [1.29, 1.82) is 0 Å². The summed E-state index contributed by atoms with van der Waals surface area (Å²) in [5.41, 5.74) is 1.72. The van der Waals surface area contributed by atoms with Gasteiger partial charge in [-0.1, -0.05) is 17.7 Å². The number of amides is 2. The third kappa shape index (κ3) is 3.73. The van der Waals surface area contributed by atoms with Crippen molar-refractivity contribution in [2.75, 3.05) is 38.1 Å². The van der Waals surface area contributed by atoms with E-state index >= 15 is 0 Å². The summed E-state index contributed by atoms with van der Waals surface area (Å²) in [6.45, 7) is 3.09. The molecule has 3 fully saturated rings. The smallest absolute Gasteiger partial charge is 0.324 e. The Morgan fingerprint density at radius 1 is 1.09 bits per heavy atom. The van der Waals surface area contributed by atoms with E-state index in [0.717, 1.165) is 43.1 Å². The number of carbonyl (C=O) groups is 1. The second-order valence-electron chi connectivity index (χ2n) is 11.1. The molecule has 2 aromatic carbocycles. The molecule has 4 aliphatic rings. The van der Waals surface area contributed by atoms with E-state index in [1.807, 2.05) is 29.2 Å². The molecule has 35 heavy (non-hydrogen) atoms. The summed E-state index contributed by atoms with van der Waals surface area (Å²) in [5.74, 6) is 1.00. The number of rotatable bonds is 3. The Morgan fingerprint density at radius 2 is 1.80 bits per heavy atom. The number of piperidine rings is 1. The third-order valence-corrected chi connectivity index (χ3v) is 9.45. The zero-order valence-electron chi connectivity index (χ0n) is 20.3. The summed E-state index contributed by atoms with van der Waals surface area (Å²) in [7, 11) is 1.79. The molecule has 186 valence electrons. The molecule has 2 N–H and O–H groups in total. The van der Waals surface area contributed by atoms with Crippen LogP contribution in [0.15, 0.2) is 42.5 Å². The number of aliphatic hydroxyl groups is 1. The Kier molecular flexibility index (Phi) is 5.55. The number of carbonyl (C=O) groups excluding carboxylic acids is 1. The number of fused-ring (bicyclic) bond motifs is 1. The van der Waals surface area contributed by atoms with Crippen LogP contribution in [0.25, 0.3) is 0 Å². The van der Waals surface area contributed by atoms with Gasteiger partial charge in [-0.2, -0.15) is 0 Å². The highest BCUT2D eigenvalue weighted by Gasteiger charge is 2.63. The van der Waals surface area contributed by atoms with Crippen LogP contribution in [-0.4, -0.2) is 70.9 Å². The number of nitrogens with zero attached hydrogens (tertiary/aromatic N) is 3. The van der Waals surface area contributed by atoms with Crippen molar-refractivity contribution >= 4 is 23.3 Å². The first-order valence-corrected chi connectivity index (χ1v) is 13.3. The van der Waals surface area contributed by atoms with Crippen LogP contribution in [0.5, 0.6) is 5.75 Å². The normalized spacial score (nSPS) is 30.3. The van der Waals surface area contributed by atoms with E-state index in [2.05, 4.69) is 4.90 Å². The van der Waals surface area contributed by atoms with Crippen LogP contribution in [0, 0.1) is 5.92 Å². The van der Waals surface area contributed by atoms with E-state index in [9.17, 15) is 15.0 Å². The maximum absolute atomic E-state index is 13.5. The highest BCUT2D eigenvalue weighted by atomic mass is 35.5. The van der Waals surface area contributed by atoms with Gasteiger partial charge in [-0.05, 0) is 98.5 Å². The second kappa shape index (κ2) is 8.39. The van der Waals surface area contributed by atoms with E-state index in [-0.39, 0.29) is 17.8 Å². The topological polar surface area (TPSA) is 67.3 Å². The van der Waals surface area contributed by atoms with E-state index in [0.29, 0.717) is 31.0 Å². The monoisotopic (exact) mass is 495 g/mol. The summed E-state index contributed by atoms with van der Waals surface area (Å²) in [5, 5.41) is 23.6. The lowest BCUT2D eigenvalue weighted by Crippen LogP contribution is -2.71. The third-order valence-electron chi connectivity index (χ3n) is 9.20. The number of phenols is 1. The molecule has 2 saturated heterocycles. The standard InChI is InChI=1S/C28H34ClN3O3/c1-30(22-7-5-21(29)6-8-22)26(34)31-13-10-27-11-14-32(18-19-2-3-19)25(28(27,35)12-15-31)16-20-4-9-23(33)17-24(20)27/h4-9,17,19,25,33,35H,2-3,10-16,18H2,1H3. The number of anilines is 1. The fourth-order valence-electron chi connectivity index (χ4n) is 7.04. The first-order valence-electron chi connectivity index (χ1n) is 12.9. The molecule has 1 saturated carbocycles. The second-order valence-corrected chi connectivity index (χ2v) is 11.5. The molecule has 6 rings (SSSR count). The highest BCUT2D eigenvalue weighted by molar-refractivity contribution is 6.30. The minimum atomic E-state index is -0.936. The Balaban J connectivity index is 1.34. The number of halogens is 1. The molecule has 7 heteroatoms. The highest BCUT2D eigenvalue weighted by Crippen LogP contribution is 2.56. The van der Waals surface area contributed by atoms with Crippen LogP contribution in [0.2, 0.25) is 5.02 Å². The van der Waals surface area contributed by atoms with Gasteiger partial charge in [0.15, 0.2) is 0 Å². The van der Waals surface area contributed by atoms with Crippen LogP contribution < -0.4 is 4.90 Å². The maximum atomic E-state index is 13.5. The molecule has 2 bridgehead atoms. The average molecular weight is 496 g/mol. The molecule has 2 aromatic rings. The Labute approximate surface area is 212 Å². The Morgan fingerprint density at radius 3 is 2.54 bits per heavy atom. The quantitative estimate of drug-likeness (QED) is 0.662. The summed E-state index contributed by atoms with van der Waals surface area (Å²) < 4.78 is 0. The van der Waals surface area contributed by atoms with Crippen LogP contribution in [0.1, 0.15) is 43.2 Å². The average Bonchev–Trinajstić information content (AvgIpc) is 3.67. The minimum absolute atomic E-state index is 0.0398. The fourth-order valence-corrected chi connectivity index (χ4v) is 7.17. The Hall–Kier alpha value is -2.28. The molecule has 6 nitrogen and oxygen atoms in total. The number of hydrogen-bond acceptors (Lipinski definition) is 4. The van der Waals surface area contributed by atoms with Gasteiger partial charge in [-0.3, -0.25) is 9.80 Å². The lowest BCUT2D eigenvalue weighted by molar-refractivity contribution is -0.149. The van der Waals surface area contributed by atoms with Crippen LogP contribution in [0.4, 0.5) is 10.5 Å². The van der Waals surface area contributed by atoms with Crippen molar-refractivity contribution in [2.45, 2.75) is 55.6 Å². The van der Waals surface area contributed by atoms with E-state index in [4.69, 9.17) is 11.6 Å². The largest absolute Gasteiger partial charge is 0.508 e. The number of benzene rings is 2. The van der Waals surface area contributed by atoms with Crippen molar-refractivity contribution < 1.29 is 15.0 Å². The lowest BCUT2D eigenvalue weighted by Gasteiger charge is -2.61. The number of phenolic OH excluding ortho intramolecular Hbond substituents is 1. The van der Waals surface area contributed by atoms with Crippen molar-refractivity contribution in [1.82, 2.24) is 9.80 Å². The molecule has 2 amide bonds. The molecule has 3 atom stereocenters. The first kappa shape index (κ1) is 23.1. The molecule has 2 aliphatic heterocycles. The summed E-state index contributed by atoms with van der Waals surface area (Å²) in [6.07, 6.45) is 5.44. The van der Waals surface area contributed by atoms with Crippen LogP contribution in [-0.2, 0) is 11.8 Å². The van der Waals surface area contributed by atoms with Gasteiger partial charge < -0.3 is 15.1 Å². The zero-order chi connectivity index (χ0) is 24.4. The number of hydrogen-bond donors (Lipinski definition) is 2. The molecular formula is C28H34ClN3O3. The SMILES string of the molecule is CN(C(=O)N1CCC23CCN(CC4CC4)C(Cc4ccc(O)cc42)C3(O)CC1)c1ccc(Cl)cc1. The summed E-state index contributed by atoms with van der Waals surface area (Å²) in [6, 6.07) is 13.0. The lowest BCUT2D eigenvalue weighted by atomic mass is 9.52. The fraction of sp³-hybridized carbons (Fsp3) is 0.536. The predicted octanol–water partition coefficient (Wildman–Crippen LogP) is 4.41. The first-order chi connectivity index (χ1) is 16.8. The van der Waals surface area contributed by atoms with E-state index in [1.165, 1.54) is 18.4 Å². The maximum Gasteiger partial charge on any atom is 0.324 e. The molecule has 0 spiro atoms. The summed E-state index contributed by atoms with van der Waals surface area (Å²) in [4.78, 5) is 19.6. The predicted molar refractivity (Wildman–Crippen MR) is 137 cm³/mol. The molecule has 3 unspecified atom stereocenters. The van der Waals surface area contributed by atoms with Crippen molar-refractivity contribution in [3.63, 3.8) is 0 Å². The molecule has 2 heterocycles. The zero-order valence-corrected chi connectivity index (χ0v) is 21.0. The van der Waals surface area contributed by atoms with Crippen LogP contribution >= 0.6 is 11.6 Å². The number of aromatic hydroxyl groups is 1. The van der Waals surface area contributed by atoms with Gasteiger partial charge in [0.25, 0.3) is 0 Å². The van der Waals surface area contributed by atoms with E-state index in [1.54, 1.807) is 30.1 Å². The van der Waals surface area contributed by atoms with Gasteiger partial charge in [0.05, 0.1) is 5.60 Å². The molecular weight excluding hydrogens is 462 g/mol. The van der Waals surface area contributed by atoms with Crippen molar-refractivity contribution in [3.05, 3.63) is 58.6 Å². The van der Waals surface area contributed by atoms with Gasteiger partial charge in [-0.15, -0.1) is 0 Å². The van der Waals surface area contributed by atoms with Crippen molar-refractivity contribution in [3.8, 4) is 5.75 Å². The molecule has 2 aliphatic carbocycles. The van der Waals surface area contributed by atoms with Gasteiger partial charge in [0.2, 0.25) is 0 Å². The van der Waals surface area contributed by atoms with E-state index < -0.39 is 11.0 Å². The molecule has 0 radical (unpaired) electrons. The van der Waals surface area contributed by atoms with Gasteiger partial charge >= 0.3 is 6.03 Å². The van der Waals surface area contributed by atoms with Crippen molar-refractivity contribution in [2.24, 2.45) is 5.92 Å². The number of likely N-dealkylation sites (tertiary alicyclic amines) is 2. The summed E-state index contributed by atoms with van der Waals surface area (Å²) >= 11 is 6.04. The Bertz CT molecular complexity index is 1140.